The van der Waals surface area contributed by atoms with Gasteiger partial charge in [-0.25, -0.2) is 15.0 Å². The summed E-state index contributed by atoms with van der Waals surface area (Å²) in [5, 5.41) is 0. The highest BCUT2D eigenvalue weighted by atomic mass is 16.5. The van der Waals surface area contributed by atoms with Gasteiger partial charge >= 0.3 is 0 Å². The van der Waals surface area contributed by atoms with E-state index in [0.29, 0.717) is 37.0 Å². The summed E-state index contributed by atoms with van der Waals surface area (Å²) >= 11 is 0. The SMILES string of the molecule is COCCC(=O)CCC1CCN(c2ncnc(C)c2C#Cc2ccc(N)nc2)CC1. The first kappa shape index (κ1) is 21.7. The van der Waals surface area contributed by atoms with E-state index in [4.69, 9.17) is 10.5 Å². The van der Waals surface area contributed by atoms with Gasteiger partial charge < -0.3 is 15.4 Å². The summed E-state index contributed by atoms with van der Waals surface area (Å²) in [5.74, 6) is 8.60. The standard InChI is InChI=1S/C23H29N5O2/c1-17-21(7-4-19-5-8-22(24)25-15-19)23(27-16-26-17)28-12-9-18(10-13-28)3-6-20(29)11-14-30-2/h5,8,15-16,18H,3,6,9-14H2,1-2H3,(H2,24,25). The minimum Gasteiger partial charge on any atom is -0.384 e. The van der Waals surface area contributed by atoms with Crippen LogP contribution in [-0.4, -0.2) is 47.5 Å². The number of ketones is 1. The molecule has 1 fully saturated rings. The summed E-state index contributed by atoms with van der Waals surface area (Å²) in [6, 6.07) is 3.59. The number of rotatable bonds is 7. The van der Waals surface area contributed by atoms with Gasteiger partial charge in [-0.2, -0.15) is 0 Å². The molecule has 1 aliphatic rings. The summed E-state index contributed by atoms with van der Waals surface area (Å²) in [4.78, 5) is 27.1. The quantitative estimate of drug-likeness (QED) is 0.705. The van der Waals surface area contributed by atoms with Gasteiger partial charge in [0, 0.05) is 44.8 Å². The van der Waals surface area contributed by atoms with Crippen molar-refractivity contribution in [2.45, 2.75) is 39.0 Å². The van der Waals surface area contributed by atoms with Gasteiger partial charge in [-0.15, -0.1) is 0 Å². The van der Waals surface area contributed by atoms with Crippen LogP contribution >= 0.6 is 0 Å². The Bertz CT molecular complexity index is 909. The van der Waals surface area contributed by atoms with Crippen molar-refractivity contribution >= 4 is 17.4 Å². The van der Waals surface area contributed by atoms with Crippen LogP contribution in [0.5, 0.6) is 0 Å². The summed E-state index contributed by atoms with van der Waals surface area (Å²) < 4.78 is 4.98. The van der Waals surface area contributed by atoms with Crippen molar-refractivity contribution < 1.29 is 9.53 Å². The van der Waals surface area contributed by atoms with Crippen LogP contribution in [0.15, 0.2) is 24.7 Å². The number of carbonyl (C=O) groups is 1. The lowest BCUT2D eigenvalue weighted by molar-refractivity contribution is -0.120. The second-order valence-corrected chi connectivity index (χ2v) is 7.63. The molecule has 3 rings (SSSR count). The number of hydrogen-bond donors (Lipinski definition) is 1. The van der Waals surface area contributed by atoms with Gasteiger partial charge in [-0.3, -0.25) is 4.79 Å². The van der Waals surface area contributed by atoms with Crippen LogP contribution in [0.4, 0.5) is 11.6 Å². The number of nitrogens with two attached hydrogens (primary N) is 1. The number of aromatic nitrogens is 3. The van der Waals surface area contributed by atoms with Crippen molar-refractivity contribution in [2.75, 3.05) is 37.4 Å². The average Bonchev–Trinajstić information content (AvgIpc) is 2.77. The number of carbonyl (C=O) groups excluding carboxylic acids is 1. The Balaban J connectivity index is 1.63. The number of piperidine rings is 1. The number of anilines is 2. The molecule has 1 saturated heterocycles. The monoisotopic (exact) mass is 407 g/mol. The third-order valence-electron chi connectivity index (χ3n) is 5.47. The first-order chi connectivity index (χ1) is 14.6. The van der Waals surface area contributed by atoms with Gasteiger partial charge in [-0.05, 0) is 44.2 Å². The van der Waals surface area contributed by atoms with E-state index in [2.05, 4.69) is 31.7 Å². The molecule has 2 aromatic rings. The van der Waals surface area contributed by atoms with Crippen LogP contribution in [0.25, 0.3) is 0 Å². The summed E-state index contributed by atoms with van der Waals surface area (Å²) in [6.07, 6.45) is 7.48. The van der Waals surface area contributed by atoms with E-state index in [0.717, 1.165) is 55.0 Å². The number of hydrogen-bond acceptors (Lipinski definition) is 7. The molecule has 0 bridgehead atoms. The van der Waals surface area contributed by atoms with Crippen LogP contribution in [0.1, 0.15) is 48.9 Å². The van der Waals surface area contributed by atoms with Gasteiger partial charge in [0.25, 0.3) is 0 Å². The Hall–Kier alpha value is -2.98. The molecule has 0 aliphatic carbocycles. The van der Waals surface area contributed by atoms with Gasteiger partial charge in [0.2, 0.25) is 0 Å². The van der Waals surface area contributed by atoms with Gasteiger partial charge in [0.15, 0.2) is 0 Å². The number of aryl methyl sites for hydroxylation is 1. The van der Waals surface area contributed by atoms with Crippen molar-refractivity contribution in [3.05, 3.63) is 41.5 Å². The minimum absolute atomic E-state index is 0.292. The first-order valence-electron chi connectivity index (χ1n) is 10.4. The molecule has 0 saturated carbocycles. The second-order valence-electron chi connectivity index (χ2n) is 7.63. The van der Waals surface area contributed by atoms with Crippen molar-refractivity contribution in [2.24, 2.45) is 5.92 Å². The maximum absolute atomic E-state index is 11.9. The first-order valence-corrected chi connectivity index (χ1v) is 10.4. The molecule has 30 heavy (non-hydrogen) atoms. The number of Topliss-reactive ketones (excluding diaryl/α,β-unsaturated/α-hetero) is 1. The zero-order chi connectivity index (χ0) is 21.3. The second kappa shape index (κ2) is 10.7. The van der Waals surface area contributed by atoms with Crippen LogP contribution in [-0.2, 0) is 9.53 Å². The predicted molar refractivity (Wildman–Crippen MR) is 117 cm³/mol. The molecule has 2 aromatic heterocycles. The smallest absolute Gasteiger partial charge is 0.148 e. The Morgan fingerprint density at radius 2 is 2.00 bits per heavy atom. The molecule has 0 radical (unpaired) electrons. The van der Waals surface area contributed by atoms with E-state index in [9.17, 15) is 4.79 Å². The number of nitrogens with zero attached hydrogens (tertiary/aromatic N) is 4. The molecule has 158 valence electrons. The Kier molecular flexibility index (Phi) is 7.75. The van der Waals surface area contributed by atoms with E-state index in [-0.39, 0.29) is 0 Å². The normalized spacial score (nSPS) is 14.3. The molecule has 0 spiro atoms. The highest BCUT2D eigenvalue weighted by molar-refractivity contribution is 5.78. The largest absolute Gasteiger partial charge is 0.384 e. The summed E-state index contributed by atoms with van der Waals surface area (Å²) in [7, 11) is 1.63. The fraction of sp³-hybridized carbons (Fsp3) is 0.478. The van der Waals surface area contributed by atoms with Crippen LogP contribution < -0.4 is 10.6 Å². The number of pyridine rings is 1. The maximum Gasteiger partial charge on any atom is 0.148 e. The molecule has 1 aliphatic heterocycles. The van der Waals surface area contributed by atoms with E-state index < -0.39 is 0 Å². The van der Waals surface area contributed by atoms with Gasteiger partial charge in [0.05, 0.1) is 17.9 Å². The molecule has 0 amide bonds. The van der Waals surface area contributed by atoms with E-state index in [1.807, 2.05) is 13.0 Å². The lowest BCUT2D eigenvalue weighted by Crippen LogP contribution is -2.35. The van der Waals surface area contributed by atoms with E-state index in [1.165, 1.54) is 0 Å². The molecular formula is C23H29N5O2. The van der Waals surface area contributed by atoms with E-state index in [1.54, 1.807) is 25.7 Å². The zero-order valence-electron chi connectivity index (χ0n) is 17.7. The molecule has 2 N–H and O–H groups in total. The average molecular weight is 408 g/mol. The molecule has 0 unspecified atom stereocenters. The molecular weight excluding hydrogens is 378 g/mol. The highest BCUT2D eigenvalue weighted by Gasteiger charge is 2.23. The third-order valence-corrected chi connectivity index (χ3v) is 5.47. The fourth-order valence-corrected chi connectivity index (χ4v) is 3.60. The van der Waals surface area contributed by atoms with Crippen molar-refractivity contribution in [3.8, 4) is 11.8 Å². The maximum atomic E-state index is 11.9. The summed E-state index contributed by atoms with van der Waals surface area (Å²) in [6.45, 7) is 4.28. The molecule has 3 heterocycles. The van der Waals surface area contributed by atoms with E-state index >= 15 is 0 Å². The molecule has 7 nitrogen and oxygen atoms in total. The van der Waals surface area contributed by atoms with Gasteiger partial charge in [0.1, 0.15) is 23.7 Å². The lowest BCUT2D eigenvalue weighted by atomic mass is 9.91. The van der Waals surface area contributed by atoms with Crippen LogP contribution in [0.3, 0.4) is 0 Å². The van der Waals surface area contributed by atoms with Crippen molar-refractivity contribution in [3.63, 3.8) is 0 Å². The Labute approximate surface area is 178 Å². The molecule has 0 aromatic carbocycles. The third kappa shape index (κ3) is 6.01. The highest BCUT2D eigenvalue weighted by Crippen LogP contribution is 2.27. The van der Waals surface area contributed by atoms with Crippen LogP contribution in [0.2, 0.25) is 0 Å². The number of nitrogen functional groups attached to an aromatic ring is 1. The lowest BCUT2D eigenvalue weighted by Gasteiger charge is -2.33. The van der Waals surface area contributed by atoms with Crippen molar-refractivity contribution in [1.82, 2.24) is 15.0 Å². The Morgan fingerprint density at radius 1 is 1.20 bits per heavy atom. The number of methoxy groups -OCH3 is 1. The number of ether oxygens (including phenoxy) is 1. The van der Waals surface area contributed by atoms with Crippen molar-refractivity contribution in [1.29, 1.82) is 0 Å². The topological polar surface area (TPSA) is 94.2 Å². The van der Waals surface area contributed by atoms with Gasteiger partial charge in [-0.1, -0.05) is 11.8 Å². The summed E-state index contributed by atoms with van der Waals surface area (Å²) in [5.41, 5.74) is 8.15. The zero-order valence-corrected chi connectivity index (χ0v) is 17.7. The fourth-order valence-electron chi connectivity index (χ4n) is 3.60. The van der Waals surface area contributed by atoms with Crippen LogP contribution in [0, 0.1) is 24.7 Å². The Morgan fingerprint density at radius 3 is 2.70 bits per heavy atom. The molecule has 0 atom stereocenters. The predicted octanol–water partition coefficient (Wildman–Crippen LogP) is 2.76. The minimum atomic E-state index is 0.292. The molecule has 7 heteroatoms.